The van der Waals surface area contributed by atoms with Crippen LogP contribution in [0.15, 0.2) is 33.5 Å². The first-order chi connectivity index (χ1) is 7.67. The molecular formula is C10H10ClN3O2. The predicted octanol–water partition coefficient (Wildman–Crippen LogP) is 1.28. The summed E-state index contributed by atoms with van der Waals surface area (Å²) >= 11 is 6.01. The zero-order chi connectivity index (χ0) is 11.7. The highest BCUT2D eigenvalue weighted by molar-refractivity contribution is 6.31. The maximum Gasteiger partial charge on any atom is 0.200 e. The zero-order valence-electron chi connectivity index (χ0n) is 8.87. The van der Waals surface area contributed by atoms with Crippen molar-refractivity contribution in [3.63, 3.8) is 0 Å². The Hall–Kier alpha value is -1.71. The first-order valence-corrected chi connectivity index (χ1v) is 5.17. The number of nitrogens with zero attached hydrogens (tertiary/aromatic N) is 2. The van der Waals surface area contributed by atoms with Crippen molar-refractivity contribution < 1.29 is 9.53 Å². The van der Waals surface area contributed by atoms with Crippen molar-refractivity contribution in [2.45, 2.75) is 13.8 Å². The minimum atomic E-state index is 0.210. The van der Waals surface area contributed by atoms with Crippen LogP contribution in [0, 0.1) is 0 Å². The van der Waals surface area contributed by atoms with Gasteiger partial charge in [0.1, 0.15) is 5.16 Å². The van der Waals surface area contributed by atoms with Gasteiger partial charge in [0.2, 0.25) is 0 Å². The Morgan fingerprint density at radius 2 is 2.44 bits per heavy atom. The minimum absolute atomic E-state index is 0.210. The highest BCUT2D eigenvalue weighted by atomic mass is 35.5. The Labute approximate surface area is 97.7 Å². The van der Waals surface area contributed by atoms with E-state index in [0.29, 0.717) is 23.3 Å². The number of rotatable bonds is 2. The molecule has 2 aliphatic rings. The molecule has 0 fully saturated rings. The lowest BCUT2D eigenvalue weighted by molar-refractivity contribution is 0.235. The molecule has 6 heteroatoms. The summed E-state index contributed by atoms with van der Waals surface area (Å²) in [6.07, 6.45) is 1.69. The van der Waals surface area contributed by atoms with Crippen LogP contribution in [0.4, 0.5) is 0 Å². The molecule has 0 bridgehead atoms. The molecule has 0 radical (unpaired) electrons. The normalized spacial score (nSPS) is 18.7. The molecule has 0 unspecified atom stereocenters. The van der Waals surface area contributed by atoms with Crippen molar-refractivity contribution in [1.82, 2.24) is 10.4 Å². The van der Waals surface area contributed by atoms with Crippen LogP contribution in [0.3, 0.4) is 0 Å². The molecule has 1 N–H and O–H groups in total. The number of halogens is 1. The second-order valence-electron chi connectivity index (χ2n) is 3.23. The number of hydrazine groups is 1. The average Bonchev–Trinajstić information content (AvgIpc) is 2.58. The molecule has 0 amide bonds. The first kappa shape index (κ1) is 10.8. The Morgan fingerprint density at radius 3 is 3.06 bits per heavy atom. The predicted molar refractivity (Wildman–Crippen MR) is 59.9 cm³/mol. The molecule has 0 aromatic carbocycles. The van der Waals surface area contributed by atoms with Gasteiger partial charge < -0.3 is 4.74 Å². The fourth-order valence-electron chi connectivity index (χ4n) is 1.47. The van der Waals surface area contributed by atoms with Gasteiger partial charge in [-0.3, -0.25) is 5.43 Å². The molecule has 2 rings (SSSR count). The van der Waals surface area contributed by atoms with Crippen LogP contribution < -0.4 is 5.43 Å². The quantitative estimate of drug-likeness (QED) is 0.583. The summed E-state index contributed by atoms with van der Waals surface area (Å²) in [4.78, 5) is 15.0. The summed E-state index contributed by atoms with van der Waals surface area (Å²) in [6, 6.07) is 0. The van der Waals surface area contributed by atoms with Gasteiger partial charge in [-0.05, 0) is 19.9 Å². The molecule has 0 aromatic rings. The molecule has 0 aliphatic carbocycles. The highest BCUT2D eigenvalue weighted by Gasteiger charge is 2.32. The first-order valence-electron chi connectivity index (χ1n) is 4.79. The van der Waals surface area contributed by atoms with Crippen molar-refractivity contribution in [2.24, 2.45) is 4.99 Å². The van der Waals surface area contributed by atoms with Crippen molar-refractivity contribution in [1.29, 1.82) is 0 Å². The lowest BCUT2D eigenvalue weighted by Gasteiger charge is -2.21. The van der Waals surface area contributed by atoms with Gasteiger partial charge in [-0.25, -0.2) is 14.8 Å². The van der Waals surface area contributed by atoms with Crippen LogP contribution >= 0.6 is 11.6 Å². The van der Waals surface area contributed by atoms with Gasteiger partial charge in [-0.15, -0.1) is 0 Å². The summed E-state index contributed by atoms with van der Waals surface area (Å²) in [6.45, 7) is 4.09. The molecule has 0 saturated carbocycles. The van der Waals surface area contributed by atoms with E-state index >= 15 is 0 Å². The van der Waals surface area contributed by atoms with Crippen LogP contribution in [0.2, 0.25) is 0 Å². The second kappa shape index (κ2) is 4.04. The van der Waals surface area contributed by atoms with Gasteiger partial charge in [-0.1, -0.05) is 11.6 Å². The van der Waals surface area contributed by atoms with Crippen molar-refractivity contribution >= 4 is 23.3 Å². The number of nitrogens with one attached hydrogen (secondary N) is 1. The molecule has 84 valence electrons. The Morgan fingerprint density at radius 1 is 1.69 bits per heavy atom. The van der Waals surface area contributed by atoms with Gasteiger partial charge in [0.25, 0.3) is 0 Å². The highest BCUT2D eigenvalue weighted by Crippen LogP contribution is 2.31. The summed E-state index contributed by atoms with van der Waals surface area (Å²) in [7, 11) is 0. The molecule has 0 saturated heterocycles. The number of hydrogen-bond acceptors (Lipinski definition) is 5. The smallest absolute Gasteiger partial charge is 0.200 e. The topological polar surface area (TPSA) is 53.9 Å². The SMILES string of the molecule is CCOC1=C2N=C(C)C=C(Cl)N2NC1=C=O. The van der Waals surface area contributed by atoms with Gasteiger partial charge in [0.15, 0.2) is 23.2 Å². The summed E-state index contributed by atoms with van der Waals surface area (Å²) in [5.41, 5.74) is 3.73. The van der Waals surface area contributed by atoms with E-state index in [-0.39, 0.29) is 5.70 Å². The number of hydrogen-bond donors (Lipinski definition) is 1. The van der Waals surface area contributed by atoms with Gasteiger partial charge in [-0.2, -0.15) is 0 Å². The lowest BCUT2D eigenvalue weighted by Crippen LogP contribution is -2.30. The van der Waals surface area contributed by atoms with E-state index in [1.807, 2.05) is 13.8 Å². The van der Waals surface area contributed by atoms with E-state index in [0.717, 1.165) is 5.71 Å². The molecule has 0 atom stereocenters. The number of aliphatic imine (C=N–C) groups is 1. The third-order valence-corrected chi connectivity index (χ3v) is 2.36. The third-order valence-electron chi connectivity index (χ3n) is 2.08. The lowest BCUT2D eigenvalue weighted by atomic mass is 10.3. The molecule has 5 nitrogen and oxygen atoms in total. The second-order valence-corrected chi connectivity index (χ2v) is 3.62. The van der Waals surface area contributed by atoms with Gasteiger partial charge in [0.05, 0.1) is 6.61 Å². The van der Waals surface area contributed by atoms with Crippen LogP contribution in [0.25, 0.3) is 0 Å². The Kier molecular flexibility index (Phi) is 2.73. The van der Waals surface area contributed by atoms with E-state index in [4.69, 9.17) is 16.3 Å². The van der Waals surface area contributed by atoms with Crippen LogP contribution in [-0.4, -0.2) is 23.3 Å². The number of allylic oxidation sites excluding steroid dienone is 1. The summed E-state index contributed by atoms with van der Waals surface area (Å²) in [5.74, 6) is 2.64. The molecular weight excluding hydrogens is 230 g/mol. The molecule has 0 aromatic heterocycles. The van der Waals surface area contributed by atoms with Gasteiger partial charge in [0, 0.05) is 5.71 Å². The number of carbonyl (C=O) groups excluding carboxylic acids is 1. The number of fused-ring (bicyclic) bond motifs is 1. The van der Waals surface area contributed by atoms with Crippen LogP contribution in [-0.2, 0) is 9.53 Å². The monoisotopic (exact) mass is 239 g/mol. The molecule has 2 heterocycles. The molecule has 2 aliphatic heterocycles. The fourth-order valence-corrected chi connectivity index (χ4v) is 1.75. The Bertz CT molecular complexity index is 472. The standard InChI is InChI=1S/C10H10ClN3O2/c1-3-16-9-7(5-15)13-14-8(11)4-6(2)12-10(9)14/h4,13H,3H2,1-2H3. The van der Waals surface area contributed by atoms with Crippen molar-refractivity contribution in [3.05, 3.63) is 28.5 Å². The minimum Gasteiger partial charge on any atom is -0.487 e. The maximum absolute atomic E-state index is 10.7. The fraction of sp³-hybridized carbons (Fsp3) is 0.300. The van der Waals surface area contributed by atoms with E-state index in [1.54, 1.807) is 12.0 Å². The van der Waals surface area contributed by atoms with E-state index in [2.05, 4.69) is 10.4 Å². The summed E-state index contributed by atoms with van der Waals surface area (Å²) in [5, 5.41) is 1.92. The van der Waals surface area contributed by atoms with Crippen molar-refractivity contribution in [3.8, 4) is 0 Å². The molecule has 0 spiro atoms. The average molecular weight is 240 g/mol. The van der Waals surface area contributed by atoms with E-state index < -0.39 is 0 Å². The van der Waals surface area contributed by atoms with Crippen molar-refractivity contribution in [2.75, 3.05) is 6.61 Å². The summed E-state index contributed by atoms with van der Waals surface area (Å²) < 4.78 is 5.36. The maximum atomic E-state index is 10.7. The number of ether oxygens (including phenoxy) is 1. The Balaban J connectivity index is 2.51. The zero-order valence-corrected chi connectivity index (χ0v) is 9.63. The van der Waals surface area contributed by atoms with Gasteiger partial charge >= 0.3 is 0 Å². The van der Waals surface area contributed by atoms with Crippen LogP contribution in [0.1, 0.15) is 13.8 Å². The van der Waals surface area contributed by atoms with E-state index in [9.17, 15) is 4.79 Å². The largest absolute Gasteiger partial charge is 0.487 e. The van der Waals surface area contributed by atoms with E-state index in [1.165, 1.54) is 5.01 Å². The molecule has 16 heavy (non-hydrogen) atoms. The van der Waals surface area contributed by atoms with Crippen LogP contribution in [0.5, 0.6) is 0 Å². The third kappa shape index (κ3) is 1.60.